The molecule has 20 heavy (non-hydrogen) atoms. The number of sulfonamides is 1. The summed E-state index contributed by atoms with van der Waals surface area (Å²) in [6.07, 6.45) is 2.93. The topological polar surface area (TPSA) is 88.4 Å². The van der Waals surface area contributed by atoms with E-state index in [9.17, 15) is 8.42 Å². The molecule has 0 saturated heterocycles. The molecule has 0 aliphatic carbocycles. The second-order valence-corrected chi connectivity index (χ2v) is 7.86. The van der Waals surface area contributed by atoms with E-state index < -0.39 is 15.6 Å². The van der Waals surface area contributed by atoms with E-state index in [0.29, 0.717) is 18.1 Å². The predicted molar refractivity (Wildman–Crippen MR) is 81.2 cm³/mol. The fourth-order valence-corrected chi connectivity index (χ4v) is 3.17. The van der Waals surface area contributed by atoms with E-state index in [1.54, 1.807) is 24.6 Å². The fourth-order valence-electron chi connectivity index (χ4n) is 1.77. The lowest BCUT2D eigenvalue weighted by Crippen LogP contribution is -2.47. The van der Waals surface area contributed by atoms with Crippen LogP contribution in [0, 0.1) is 0 Å². The largest absolute Gasteiger partial charge is 0.351 e. The van der Waals surface area contributed by atoms with Gasteiger partial charge in [0.2, 0.25) is 16.0 Å². The Morgan fingerprint density at radius 2 is 2.10 bits per heavy atom. The zero-order valence-corrected chi connectivity index (χ0v) is 13.8. The van der Waals surface area contributed by atoms with Gasteiger partial charge in [-0.25, -0.2) is 17.7 Å². The van der Waals surface area contributed by atoms with Gasteiger partial charge in [0.25, 0.3) is 0 Å². The Hall–Kier alpha value is -1.19. The first-order chi connectivity index (χ1) is 9.15. The van der Waals surface area contributed by atoms with Crippen LogP contribution in [0.2, 0.25) is 0 Å². The Bertz CT molecular complexity index is 725. The van der Waals surface area contributed by atoms with Crippen LogP contribution >= 0.6 is 15.9 Å². The number of hydrogen-bond donors (Lipinski definition) is 2. The highest BCUT2D eigenvalue weighted by molar-refractivity contribution is 9.10. The molecule has 0 spiro atoms. The van der Waals surface area contributed by atoms with Crippen molar-refractivity contribution >= 4 is 37.5 Å². The lowest BCUT2D eigenvalue weighted by atomic mass is 10.1. The van der Waals surface area contributed by atoms with Gasteiger partial charge in [-0.05, 0) is 41.9 Å². The monoisotopic (exact) mass is 361 g/mol. The van der Waals surface area contributed by atoms with Crippen LogP contribution in [0.1, 0.15) is 13.8 Å². The van der Waals surface area contributed by atoms with Gasteiger partial charge in [-0.1, -0.05) is 0 Å². The number of rotatable bonds is 5. The Morgan fingerprint density at radius 3 is 2.75 bits per heavy atom. The SMILES string of the molecule is CC(C)(CNc1nc2ccc(Br)cn2n1)NS(C)(=O)=O. The summed E-state index contributed by atoms with van der Waals surface area (Å²) in [5.74, 6) is 0.450. The van der Waals surface area contributed by atoms with Gasteiger partial charge in [-0.3, -0.25) is 0 Å². The molecule has 0 radical (unpaired) electrons. The Kier molecular flexibility index (Phi) is 4.03. The summed E-state index contributed by atoms with van der Waals surface area (Å²) in [6, 6.07) is 3.71. The molecule has 2 aromatic heterocycles. The van der Waals surface area contributed by atoms with Gasteiger partial charge in [0, 0.05) is 22.8 Å². The molecule has 110 valence electrons. The van der Waals surface area contributed by atoms with Gasteiger partial charge in [-0.2, -0.15) is 4.98 Å². The highest BCUT2D eigenvalue weighted by atomic mass is 79.9. The van der Waals surface area contributed by atoms with Crippen molar-refractivity contribution in [3.8, 4) is 0 Å². The summed E-state index contributed by atoms with van der Waals surface area (Å²) in [4.78, 5) is 4.30. The van der Waals surface area contributed by atoms with Crippen molar-refractivity contribution in [2.24, 2.45) is 0 Å². The third-order valence-corrected chi connectivity index (χ3v) is 3.84. The lowest BCUT2D eigenvalue weighted by Gasteiger charge is -2.24. The fraction of sp³-hybridized carbons (Fsp3) is 0.455. The van der Waals surface area contributed by atoms with Gasteiger partial charge < -0.3 is 5.32 Å². The number of fused-ring (bicyclic) bond motifs is 1. The lowest BCUT2D eigenvalue weighted by molar-refractivity contribution is 0.475. The average molecular weight is 362 g/mol. The summed E-state index contributed by atoms with van der Waals surface area (Å²) in [5.41, 5.74) is 0.0793. The number of nitrogens with zero attached hydrogens (tertiary/aromatic N) is 3. The maximum atomic E-state index is 11.3. The van der Waals surface area contributed by atoms with E-state index in [1.807, 2.05) is 12.1 Å². The molecule has 0 unspecified atom stereocenters. The number of aromatic nitrogens is 3. The second-order valence-electron chi connectivity index (χ2n) is 5.20. The molecule has 2 aromatic rings. The Morgan fingerprint density at radius 1 is 1.40 bits per heavy atom. The minimum atomic E-state index is -3.26. The molecule has 0 saturated carbocycles. The van der Waals surface area contributed by atoms with Gasteiger partial charge in [0.15, 0.2) is 5.65 Å². The average Bonchev–Trinajstić information content (AvgIpc) is 2.65. The number of anilines is 1. The molecule has 0 aromatic carbocycles. The smallest absolute Gasteiger partial charge is 0.243 e. The van der Waals surface area contributed by atoms with Crippen molar-refractivity contribution in [2.45, 2.75) is 19.4 Å². The molecule has 0 amide bonds. The number of hydrogen-bond acceptors (Lipinski definition) is 5. The normalized spacial score (nSPS) is 12.8. The summed E-state index contributed by atoms with van der Waals surface area (Å²) in [7, 11) is -3.26. The zero-order valence-electron chi connectivity index (χ0n) is 11.4. The molecule has 0 aliphatic heterocycles. The van der Waals surface area contributed by atoms with Gasteiger partial charge >= 0.3 is 0 Å². The first kappa shape index (κ1) is 15.2. The van der Waals surface area contributed by atoms with Crippen LogP contribution in [0.5, 0.6) is 0 Å². The standard InChI is InChI=1S/C11H16BrN5O2S/c1-11(2,16-20(3,18)19)7-13-10-14-9-5-4-8(12)6-17(9)15-10/h4-6,16H,7H2,1-3H3,(H,13,15). The van der Waals surface area contributed by atoms with E-state index in [2.05, 4.69) is 36.1 Å². The van der Waals surface area contributed by atoms with Crippen LogP contribution in [-0.4, -0.2) is 41.4 Å². The van der Waals surface area contributed by atoms with Crippen LogP contribution in [-0.2, 0) is 10.0 Å². The molecule has 7 nitrogen and oxygen atoms in total. The minimum absolute atomic E-state index is 0.373. The molecular formula is C11H16BrN5O2S. The van der Waals surface area contributed by atoms with E-state index >= 15 is 0 Å². The van der Waals surface area contributed by atoms with Gasteiger partial charge in [0.1, 0.15) is 0 Å². The number of pyridine rings is 1. The van der Waals surface area contributed by atoms with Crippen LogP contribution in [0.25, 0.3) is 5.65 Å². The third-order valence-electron chi connectivity index (χ3n) is 2.45. The Balaban J connectivity index is 2.09. The quantitative estimate of drug-likeness (QED) is 0.835. The summed E-state index contributed by atoms with van der Waals surface area (Å²) in [6.45, 7) is 3.94. The summed E-state index contributed by atoms with van der Waals surface area (Å²) < 4.78 is 27.6. The zero-order chi connectivity index (χ0) is 15.0. The highest BCUT2D eigenvalue weighted by Crippen LogP contribution is 2.13. The van der Waals surface area contributed by atoms with Gasteiger partial charge in [-0.15, -0.1) is 5.10 Å². The van der Waals surface area contributed by atoms with Crippen molar-refractivity contribution in [2.75, 3.05) is 18.1 Å². The minimum Gasteiger partial charge on any atom is -0.351 e. The van der Waals surface area contributed by atoms with Crippen LogP contribution in [0.3, 0.4) is 0 Å². The molecule has 0 atom stereocenters. The summed E-state index contributed by atoms with van der Waals surface area (Å²) in [5, 5.41) is 7.29. The number of halogens is 1. The summed E-state index contributed by atoms with van der Waals surface area (Å²) >= 11 is 3.36. The van der Waals surface area contributed by atoms with Crippen molar-refractivity contribution in [3.63, 3.8) is 0 Å². The molecule has 2 N–H and O–H groups in total. The number of nitrogens with one attached hydrogen (secondary N) is 2. The first-order valence-corrected chi connectivity index (χ1v) is 8.58. The highest BCUT2D eigenvalue weighted by Gasteiger charge is 2.22. The van der Waals surface area contributed by atoms with Crippen molar-refractivity contribution in [1.82, 2.24) is 19.3 Å². The van der Waals surface area contributed by atoms with Crippen molar-refractivity contribution in [1.29, 1.82) is 0 Å². The van der Waals surface area contributed by atoms with E-state index in [4.69, 9.17) is 0 Å². The van der Waals surface area contributed by atoms with Crippen molar-refractivity contribution in [3.05, 3.63) is 22.8 Å². The molecule has 2 heterocycles. The molecule has 0 bridgehead atoms. The molecule has 9 heteroatoms. The molecule has 0 aliphatic rings. The Labute approximate surface area is 126 Å². The van der Waals surface area contributed by atoms with Crippen LogP contribution in [0.15, 0.2) is 22.8 Å². The van der Waals surface area contributed by atoms with Gasteiger partial charge in [0.05, 0.1) is 6.26 Å². The molecular weight excluding hydrogens is 346 g/mol. The van der Waals surface area contributed by atoms with Crippen LogP contribution in [0.4, 0.5) is 5.95 Å². The van der Waals surface area contributed by atoms with E-state index in [-0.39, 0.29) is 0 Å². The van der Waals surface area contributed by atoms with E-state index in [0.717, 1.165) is 10.7 Å². The van der Waals surface area contributed by atoms with E-state index in [1.165, 1.54) is 0 Å². The second kappa shape index (κ2) is 5.30. The van der Waals surface area contributed by atoms with Crippen molar-refractivity contribution < 1.29 is 8.42 Å². The molecule has 2 rings (SSSR count). The maximum Gasteiger partial charge on any atom is 0.243 e. The third kappa shape index (κ3) is 4.15. The van der Waals surface area contributed by atoms with Crippen LogP contribution < -0.4 is 10.0 Å². The maximum absolute atomic E-state index is 11.3. The first-order valence-electron chi connectivity index (χ1n) is 5.89. The predicted octanol–water partition coefficient (Wildman–Crippen LogP) is 1.23. The molecule has 0 fully saturated rings.